The Balaban J connectivity index is 1.94. The highest BCUT2D eigenvalue weighted by atomic mass is 79.9. The van der Waals surface area contributed by atoms with Gasteiger partial charge in [0.25, 0.3) is 0 Å². The zero-order valence-corrected chi connectivity index (χ0v) is 15.3. The summed E-state index contributed by atoms with van der Waals surface area (Å²) < 4.78 is 47.4. The highest BCUT2D eigenvalue weighted by Crippen LogP contribution is 2.38. The van der Waals surface area contributed by atoms with Crippen LogP contribution in [0.3, 0.4) is 0 Å². The maximum atomic E-state index is 12.3. The van der Waals surface area contributed by atoms with E-state index >= 15 is 0 Å². The lowest BCUT2D eigenvalue weighted by Gasteiger charge is -2.43. The first-order valence-corrected chi connectivity index (χ1v) is 8.88. The molecule has 2 heterocycles. The third-order valence-electron chi connectivity index (χ3n) is 3.45. The first-order valence-electron chi connectivity index (χ1n) is 7.27. The van der Waals surface area contributed by atoms with Gasteiger partial charge in [0.2, 0.25) is 0 Å². The van der Waals surface area contributed by atoms with Crippen molar-refractivity contribution in [2.75, 3.05) is 18.2 Å². The summed E-state index contributed by atoms with van der Waals surface area (Å²) in [6.45, 7) is 0.289. The molecule has 1 atom stereocenters. The third-order valence-corrected chi connectivity index (χ3v) is 5.11. The van der Waals surface area contributed by atoms with Crippen LogP contribution in [0, 0.1) is 0 Å². The molecule has 0 aliphatic carbocycles. The molecule has 11 heteroatoms. The van der Waals surface area contributed by atoms with Gasteiger partial charge in [-0.05, 0) is 52.3 Å². The number of carbonyl (C=O) groups is 1. The number of alkyl halides is 3. The molecule has 1 aromatic carbocycles. The third kappa shape index (κ3) is 4.22. The van der Waals surface area contributed by atoms with Crippen LogP contribution in [-0.4, -0.2) is 35.7 Å². The molecule has 0 saturated carbocycles. The standard InChI is InChI=1S/C15H12BrF3N2O4S/c16-12-6-5-11(26-12)13-21(20(14(22)23)7-8-24-13)9-1-3-10(4-2-9)25-15(17,18)19/h1-6,13H,7-8H2,(H,22,23). The Hall–Kier alpha value is -1.98. The second-order valence-electron chi connectivity index (χ2n) is 5.16. The number of anilines is 1. The molecule has 0 radical (unpaired) electrons. The van der Waals surface area contributed by atoms with Crippen LogP contribution >= 0.6 is 27.3 Å². The van der Waals surface area contributed by atoms with Gasteiger partial charge in [0.15, 0.2) is 6.23 Å². The van der Waals surface area contributed by atoms with E-state index in [1.807, 2.05) is 6.07 Å². The smallest absolute Gasteiger partial charge is 0.464 e. The second-order valence-corrected chi connectivity index (χ2v) is 7.65. The number of thiophene rings is 1. The fourth-order valence-electron chi connectivity index (χ4n) is 2.48. The number of halogens is 4. The Bertz CT molecular complexity index is 784. The molecule has 1 aliphatic rings. The first kappa shape index (κ1) is 18.8. The number of amides is 1. The molecule has 1 amide bonds. The minimum absolute atomic E-state index is 0.0964. The van der Waals surface area contributed by atoms with Gasteiger partial charge in [-0.1, -0.05) is 0 Å². The number of benzene rings is 1. The summed E-state index contributed by atoms with van der Waals surface area (Å²) >= 11 is 4.72. The summed E-state index contributed by atoms with van der Waals surface area (Å²) in [6.07, 6.45) is -6.70. The normalized spacial score (nSPS) is 18.1. The van der Waals surface area contributed by atoms with Gasteiger partial charge in [-0.15, -0.1) is 24.5 Å². The lowest BCUT2D eigenvalue weighted by molar-refractivity contribution is -0.274. The van der Waals surface area contributed by atoms with E-state index in [1.54, 1.807) is 6.07 Å². The number of ether oxygens (including phenoxy) is 2. The van der Waals surface area contributed by atoms with Crippen molar-refractivity contribution < 1.29 is 32.5 Å². The maximum absolute atomic E-state index is 12.3. The van der Waals surface area contributed by atoms with E-state index < -0.39 is 24.4 Å². The molecule has 2 aromatic rings. The molecule has 6 nitrogen and oxygen atoms in total. The fraction of sp³-hybridized carbons (Fsp3) is 0.267. The van der Waals surface area contributed by atoms with Crippen LogP contribution in [0.15, 0.2) is 40.2 Å². The number of rotatable bonds is 3. The Labute approximate surface area is 158 Å². The highest BCUT2D eigenvalue weighted by Gasteiger charge is 2.36. The number of hydrogen-bond donors (Lipinski definition) is 1. The van der Waals surface area contributed by atoms with E-state index in [0.29, 0.717) is 5.69 Å². The largest absolute Gasteiger partial charge is 0.573 e. The lowest BCUT2D eigenvalue weighted by Crippen LogP contribution is -2.54. The molecule has 140 valence electrons. The van der Waals surface area contributed by atoms with Crippen molar-refractivity contribution in [1.29, 1.82) is 0 Å². The summed E-state index contributed by atoms with van der Waals surface area (Å²) in [5.41, 5.74) is 0.358. The molecule has 26 heavy (non-hydrogen) atoms. The van der Waals surface area contributed by atoms with E-state index in [9.17, 15) is 23.1 Å². The van der Waals surface area contributed by atoms with Gasteiger partial charge < -0.3 is 14.6 Å². The molecule has 1 aromatic heterocycles. The Morgan fingerprint density at radius 3 is 2.50 bits per heavy atom. The van der Waals surface area contributed by atoms with E-state index in [4.69, 9.17) is 4.74 Å². The maximum Gasteiger partial charge on any atom is 0.573 e. The zero-order valence-electron chi connectivity index (χ0n) is 12.9. The molecule has 1 unspecified atom stereocenters. The average molecular weight is 453 g/mol. The Morgan fingerprint density at radius 1 is 1.27 bits per heavy atom. The zero-order chi connectivity index (χ0) is 18.9. The van der Waals surface area contributed by atoms with Crippen LogP contribution in [0.5, 0.6) is 5.75 Å². The predicted octanol–water partition coefficient (Wildman–Crippen LogP) is 4.84. The summed E-state index contributed by atoms with van der Waals surface area (Å²) in [4.78, 5) is 12.4. The van der Waals surface area contributed by atoms with Gasteiger partial charge >= 0.3 is 12.5 Å². The monoisotopic (exact) mass is 452 g/mol. The lowest BCUT2D eigenvalue weighted by atomic mass is 10.2. The van der Waals surface area contributed by atoms with Gasteiger partial charge in [0, 0.05) is 0 Å². The topological polar surface area (TPSA) is 62.2 Å². The second kappa shape index (κ2) is 7.33. The minimum Gasteiger partial charge on any atom is -0.464 e. The van der Waals surface area contributed by atoms with Crippen molar-refractivity contribution in [3.63, 3.8) is 0 Å². The molecule has 3 rings (SSSR count). The molecule has 0 bridgehead atoms. The van der Waals surface area contributed by atoms with Gasteiger partial charge in [-0.25, -0.2) is 14.8 Å². The molecule has 1 N–H and O–H groups in total. The molecular weight excluding hydrogens is 441 g/mol. The fourth-order valence-corrected chi connectivity index (χ4v) is 3.94. The van der Waals surface area contributed by atoms with Gasteiger partial charge in [-0.3, -0.25) is 0 Å². The van der Waals surface area contributed by atoms with Gasteiger partial charge in [-0.2, -0.15) is 0 Å². The van der Waals surface area contributed by atoms with E-state index in [2.05, 4.69) is 20.7 Å². The van der Waals surface area contributed by atoms with Crippen LogP contribution < -0.4 is 9.75 Å². The summed E-state index contributed by atoms with van der Waals surface area (Å²) in [7, 11) is 0. The van der Waals surface area contributed by atoms with E-state index in [1.165, 1.54) is 28.5 Å². The van der Waals surface area contributed by atoms with Crippen LogP contribution in [0.2, 0.25) is 0 Å². The number of carboxylic acid groups (broad SMARTS) is 1. The number of hydrazine groups is 1. The van der Waals surface area contributed by atoms with Crippen molar-refractivity contribution >= 4 is 39.0 Å². The molecule has 1 fully saturated rings. The Kier molecular flexibility index (Phi) is 5.30. The molecule has 1 aliphatic heterocycles. The summed E-state index contributed by atoms with van der Waals surface area (Å²) in [5.74, 6) is -0.392. The van der Waals surface area contributed by atoms with Crippen molar-refractivity contribution in [1.82, 2.24) is 5.01 Å². The van der Waals surface area contributed by atoms with Gasteiger partial charge in [0.05, 0.1) is 27.5 Å². The highest BCUT2D eigenvalue weighted by molar-refractivity contribution is 9.11. The first-order chi connectivity index (χ1) is 12.2. The molecule has 1 saturated heterocycles. The van der Waals surface area contributed by atoms with Crippen molar-refractivity contribution in [3.8, 4) is 5.75 Å². The number of hydrogen-bond acceptors (Lipinski definition) is 5. The Morgan fingerprint density at radius 2 is 1.96 bits per heavy atom. The van der Waals surface area contributed by atoms with Gasteiger partial charge in [0.1, 0.15) is 5.75 Å². The van der Waals surface area contributed by atoms with Crippen molar-refractivity contribution in [2.24, 2.45) is 0 Å². The molecular formula is C15H12BrF3N2O4S. The summed E-state index contributed by atoms with van der Waals surface area (Å²) in [6, 6.07) is 8.54. The predicted molar refractivity (Wildman–Crippen MR) is 91.0 cm³/mol. The van der Waals surface area contributed by atoms with E-state index in [-0.39, 0.29) is 13.2 Å². The quantitative estimate of drug-likeness (QED) is 0.721. The van der Waals surface area contributed by atoms with E-state index in [0.717, 1.165) is 25.8 Å². The number of nitrogens with zero attached hydrogens (tertiary/aromatic N) is 2. The molecule has 0 spiro atoms. The van der Waals surface area contributed by atoms with Crippen LogP contribution in [0.4, 0.5) is 23.7 Å². The average Bonchev–Trinajstić information content (AvgIpc) is 3.00. The summed E-state index contributed by atoms with van der Waals surface area (Å²) in [5, 5.41) is 12.0. The SMILES string of the molecule is O=C(O)N1CCOC(c2ccc(Br)s2)N1c1ccc(OC(F)(F)F)cc1. The van der Waals surface area contributed by atoms with Crippen LogP contribution in [0.25, 0.3) is 0 Å². The van der Waals surface area contributed by atoms with Crippen molar-refractivity contribution in [3.05, 3.63) is 45.1 Å². The minimum atomic E-state index is -4.80. The van der Waals surface area contributed by atoms with Crippen molar-refractivity contribution in [2.45, 2.75) is 12.6 Å². The van der Waals surface area contributed by atoms with Crippen LogP contribution in [0.1, 0.15) is 11.1 Å². The van der Waals surface area contributed by atoms with Crippen LogP contribution in [-0.2, 0) is 4.74 Å².